The highest BCUT2D eigenvalue weighted by Gasteiger charge is 2.30. The summed E-state index contributed by atoms with van der Waals surface area (Å²) in [5.41, 5.74) is 2.88. The molecular weight excluding hydrogens is 230 g/mol. The highest BCUT2D eigenvalue weighted by Crippen LogP contribution is 2.35. The molecule has 106 valence electrons. The molecule has 1 aromatic rings. The summed E-state index contributed by atoms with van der Waals surface area (Å²) < 4.78 is 0. The Bertz CT molecular complexity index is 375. The molecule has 2 rings (SSSR count). The molecule has 2 atom stereocenters. The van der Waals surface area contributed by atoms with Crippen LogP contribution in [0.4, 0.5) is 0 Å². The van der Waals surface area contributed by atoms with Crippen LogP contribution in [0.15, 0.2) is 24.3 Å². The molecule has 0 saturated heterocycles. The first-order chi connectivity index (χ1) is 9.10. The van der Waals surface area contributed by atoms with Gasteiger partial charge in [0.15, 0.2) is 0 Å². The molecule has 0 spiro atoms. The second-order valence-electron chi connectivity index (χ2n) is 6.58. The number of hydrogen-bond donors (Lipinski definition) is 1. The quantitative estimate of drug-likeness (QED) is 0.747. The lowest BCUT2D eigenvalue weighted by Gasteiger charge is -2.22. The number of nitrogens with one attached hydrogen (secondary N) is 1. The van der Waals surface area contributed by atoms with E-state index in [1.165, 1.54) is 36.8 Å². The zero-order chi connectivity index (χ0) is 13.8. The Morgan fingerprint density at radius 3 is 2.21 bits per heavy atom. The Balaban J connectivity index is 1.92. The van der Waals surface area contributed by atoms with Gasteiger partial charge in [-0.1, -0.05) is 45.0 Å². The Morgan fingerprint density at radius 2 is 1.74 bits per heavy atom. The van der Waals surface area contributed by atoms with Crippen LogP contribution in [0.3, 0.4) is 0 Å². The fourth-order valence-electron chi connectivity index (χ4n) is 2.92. The second-order valence-corrected chi connectivity index (χ2v) is 6.58. The van der Waals surface area contributed by atoms with Crippen LogP contribution in [0.1, 0.15) is 64.1 Å². The molecule has 0 aliphatic heterocycles. The number of rotatable bonds is 7. The molecule has 1 aromatic carbocycles. The molecule has 1 fully saturated rings. The van der Waals surface area contributed by atoms with Gasteiger partial charge in [-0.3, -0.25) is 0 Å². The van der Waals surface area contributed by atoms with Crippen LogP contribution in [0.2, 0.25) is 0 Å². The third-order valence-electron chi connectivity index (χ3n) is 4.22. The van der Waals surface area contributed by atoms with Gasteiger partial charge in [0, 0.05) is 12.1 Å². The zero-order valence-corrected chi connectivity index (χ0v) is 12.9. The minimum absolute atomic E-state index is 0.471. The minimum Gasteiger partial charge on any atom is -0.307 e. The van der Waals surface area contributed by atoms with E-state index in [1.807, 2.05) is 0 Å². The molecule has 19 heavy (non-hydrogen) atoms. The molecule has 0 radical (unpaired) electrons. The Labute approximate surface area is 118 Å². The Hall–Kier alpha value is -0.820. The molecule has 0 heterocycles. The van der Waals surface area contributed by atoms with E-state index in [2.05, 4.69) is 57.3 Å². The minimum atomic E-state index is 0.471. The summed E-state index contributed by atoms with van der Waals surface area (Å²) in [6, 6.07) is 10.4. The van der Waals surface area contributed by atoms with Gasteiger partial charge in [0.25, 0.3) is 0 Å². The van der Waals surface area contributed by atoms with Gasteiger partial charge in [0.2, 0.25) is 0 Å². The van der Waals surface area contributed by atoms with Gasteiger partial charge in [-0.05, 0) is 55.6 Å². The standard InChI is InChI=1S/C18H29N/c1-5-18(17-10-11-17)19-14(4)16-8-6-15(7-9-16)12-13(2)3/h6-9,13-14,17-19H,5,10-12H2,1-4H3. The van der Waals surface area contributed by atoms with Crippen LogP contribution >= 0.6 is 0 Å². The maximum atomic E-state index is 3.81. The lowest BCUT2D eigenvalue weighted by molar-refractivity contribution is 0.405. The van der Waals surface area contributed by atoms with Crippen molar-refractivity contribution in [3.63, 3.8) is 0 Å². The van der Waals surface area contributed by atoms with Crippen LogP contribution < -0.4 is 5.32 Å². The summed E-state index contributed by atoms with van der Waals surface area (Å²) in [5.74, 6) is 1.67. The van der Waals surface area contributed by atoms with Crippen molar-refractivity contribution in [3.05, 3.63) is 35.4 Å². The summed E-state index contributed by atoms with van der Waals surface area (Å²) in [4.78, 5) is 0. The topological polar surface area (TPSA) is 12.0 Å². The summed E-state index contributed by atoms with van der Waals surface area (Å²) in [6.45, 7) is 9.15. The second kappa shape index (κ2) is 6.56. The first kappa shape index (κ1) is 14.6. The normalized spacial score (nSPS) is 18.6. The zero-order valence-electron chi connectivity index (χ0n) is 12.9. The Kier molecular flexibility index (Phi) is 5.04. The van der Waals surface area contributed by atoms with Gasteiger partial charge in [-0.25, -0.2) is 0 Å². The highest BCUT2D eigenvalue weighted by molar-refractivity contribution is 5.25. The van der Waals surface area contributed by atoms with Gasteiger partial charge in [0.1, 0.15) is 0 Å². The van der Waals surface area contributed by atoms with E-state index in [0.29, 0.717) is 12.1 Å². The molecule has 1 aliphatic rings. The van der Waals surface area contributed by atoms with Gasteiger partial charge in [-0.15, -0.1) is 0 Å². The third kappa shape index (κ3) is 4.35. The first-order valence-corrected chi connectivity index (χ1v) is 7.95. The summed E-state index contributed by atoms with van der Waals surface area (Å²) in [6.07, 6.45) is 5.28. The number of benzene rings is 1. The monoisotopic (exact) mass is 259 g/mol. The van der Waals surface area contributed by atoms with Crippen LogP contribution in [0.25, 0.3) is 0 Å². The van der Waals surface area contributed by atoms with Crippen LogP contribution in [-0.4, -0.2) is 6.04 Å². The van der Waals surface area contributed by atoms with E-state index in [4.69, 9.17) is 0 Å². The summed E-state index contributed by atoms with van der Waals surface area (Å²) in [7, 11) is 0. The average molecular weight is 259 g/mol. The largest absolute Gasteiger partial charge is 0.307 e. The van der Waals surface area contributed by atoms with Gasteiger partial charge >= 0.3 is 0 Å². The van der Waals surface area contributed by atoms with Gasteiger partial charge in [0.05, 0.1) is 0 Å². The molecule has 1 nitrogen and oxygen atoms in total. The fourth-order valence-corrected chi connectivity index (χ4v) is 2.92. The Morgan fingerprint density at radius 1 is 1.11 bits per heavy atom. The molecule has 0 bridgehead atoms. The van der Waals surface area contributed by atoms with E-state index in [0.717, 1.165) is 11.8 Å². The van der Waals surface area contributed by atoms with E-state index in [-0.39, 0.29) is 0 Å². The van der Waals surface area contributed by atoms with Crippen molar-refractivity contribution in [3.8, 4) is 0 Å². The maximum Gasteiger partial charge on any atom is 0.0294 e. The van der Waals surface area contributed by atoms with Crippen molar-refractivity contribution in [2.24, 2.45) is 11.8 Å². The summed E-state index contributed by atoms with van der Waals surface area (Å²) in [5, 5.41) is 3.81. The average Bonchev–Trinajstić information content (AvgIpc) is 3.20. The molecular formula is C18H29N. The van der Waals surface area contributed by atoms with Crippen molar-refractivity contribution < 1.29 is 0 Å². The molecule has 1 saturated carbocycles. The van der Waals surface area contributed by atoms with E-state index in [1.54, 1.807) is 0 Å². The smallest absolute Gasteiger partial charge is 0.0294 e. The maximum absolute atomic E-state index is 3.81. The molecule has 1 N–H and O–H groups in total. The summed E-state index contributed by atoms with van der Waals surface area (Å²) >= 11 is 0. The molecule has 0 aromatic heterocycles. The fraction of sp³-hybridized carbons (Fsp3) is 0.667. The highest BCUT2D eigenvalue weighted by atomic mass is 15.0. The molecule has 2 unspecified atom stereocenters. The lowest BCUT2D eigenvalue weighted by Crippen LogP contribution is -2.32. The third-order valence-corrected chi connectivity index (χ3v) is 4.22. The predicted molar refractivity (Wildman–Crippen MR) is 83.3 cm³/mol. The van der Waals surface area contributed by atoms with Crippen LogP contribution in [0, 0.1) is 11.8 Å². The number of hydrogen-bond acceptors (Lipinski definition) is 1. The predicted octanol–water partition coefficient (Wildman–Crippen LogP) is 4.72. The molecule has 0 amide bonds. The van der Waals surface area contributed by atoms with Crippen molar-refractivity contribution >= 4 is 0 Å². The van der Waals surface area contributed by atoms with Crippen LogP contribution in [0.5, 0.6) is 0 Å². The van der Waals surface area contributed by atoms with Gasteiger partial charge in [-0.2, -0.15) is 0 Å². The molecule has 1 aliphatic carbocycles. The van der Waals surface area contributed by atoms with Crippen molar-refractivity contribution in [1.82, 2.24) is 5.32 Å². The first-order valence-electron chi connectivity index (χ1n) is 7.95. The molecule has 1 heteroatoms. The van der Waals surface area contributed by atoms with E-state index < -0.39 is 0 Å². The van der Waals surface area contributed by atoms with Crippen molar-refractivity contribution in [2.45, 2.75) is 65.5 Å². The lowest BCUT2D eigenvalue weighted by atomic mass is 9.99. The van der Waals surface area contributed by atoms with Crippen LogP contribution in [-0.2, 0) is 6.42 Å². The SMILES string of the molecule is CCC(NC(C)c1ccc(CC(C)C)cc1)C1CC1. The van der Waals surface area contributed by atoms with Crippen molar-refractivity contribution in [1.29, 1.82) is 0 Å². The van der Waals surface area contributed by atoms with Crippen molar-refractivity contribution in [2.75, 3.05) is 0 Å². The van der Waals surface area contributed by atoms with Gasteiger partial charge < -0.3 is 5.32 Å². The van der Waals surface area contributed by atoms with E-state index in [9.17, 15) is 0 Å². The van der Waals surface area contributed by atoms with E-state index >= 15 is 0 Å².